The standard InChI is InChI=1S/C14H13F3N2O/c1-3-10-6-9(2)13(19-7-10)20-11-4-5-12(18-8-11)14(15,16)17/h4-8H,3H2,1-2H3. The third-order valence-electron chi connectivity index (χ3n) is 2.74. The van der Waals surface area contributed by atoms with Gasteiger partial charge in [0.05, 0.1) is 6.20 Å². The molecule has 0 unspecified atom stereocenters. The van der Waals surface area contributed by atoms with Crippen LogP contribution in [0.25, 0.3) is 0 Å². The fourth-order valence-electron chi connectivity index (χ4n) is 1.64. The van der Waals surface area contributed by atoms with Crippen LogP contribution in [-0.2, 0) is 12.6 Å². The summed E-state index contributed by atoms with van der Waals surface area (Å²) in [7, 11) is 0. The number of rotatable bonds is 3. The van der Waals surface area contributed by atoms with Gasteiger partial charge in [0.15, 0.2) is 0 Å². The molecule has 6 heteroatoms. The Morgan fingerprint density at radius 3 is 2.40 bits per heavy atom. The molecule has 0 saturated carbocycles. The number of alkyl halides is 3. The van der Waals surface area contributed by atoms with Gasteiger partial charge in [-0.05, 0) is 37.1 Å². The second kappa shape index (κ2) is 5.48. The van der Waals surface area contributed by atoms with E-state index in [-0.39, 0.29) is 5.75 Å². The smallest absolute Gasteiger partial charge is 0.433 e. The largest absolute Gasteiger partial charge is 0.437 e. The minimum absolute atomic E-state index is 0.220. The van der Waals surface area contributed by atoms with Crippen molar-refractivity contribution in [1.29, 1.82) is 0 Å². The van der Waals surface area contributed by atoms with E-state index in [2.05, 4.69) is 9.97 Å². The Balaban J connectivity index is 2.18. The zero-order valence-corrected chi connectivity index (χ0v) is 11.0. The molecule has 0 amide bonds. The van der Waals surface area contributed by atoms with E-state index < -0.39 is 11.9 Å². The zero-order chi connectivity index (χ0) is 14.8. The maximum absolute atomic E-state index is 12.4. The topological polar surface area (TPSA) is 35.0 Å². The summed E-state index contributed by atoms with van der Waals surface area (Å²) < 4.78 is 42.6. The first-order valence-corrected chi connectivity index (χ1v) is 6.06. The lowest BCUT2D eigenvalue weighted by atomic mass is 10.2. The Morgan fingerprint density at radius 2 is 1.90 bits per heavy atom. The molecule has 0 saturated heterocycles. The van der Waals surface area contributed by atoms with Crippen molar-refractivity contribution in [2.24, 2.45) is 0 Å². The first-order chi connectivity index (χ1) is 9.40. The van der Waals surface area contributed by atoms with Crippen LogP contribution in [0.4, 0.5) is 13.2 Å². The second-order valence-electron chi connectivity index (χ2n) is 4.30. The van der Waals surface area contributed by atoms with E-state index in [9.17, 15) is 13.2 Å². The Morgan fingerprint density at radius 1 is 1.15 bits per heavy atom. The SMILES string of the molecule is CCc1cnc(Oc2ccc(C(F)(F)F)nc2)c(C)c1. The zero-order valence-electron chi connectivity index (χ0n) is 11.0. The van der Waals surface area contributed by atoms with Gasteiger partial charge in [-0.3, -0.25) is 0 Å². The highest BCUT2D eigenvalue weighted by Gasteiger charge is 2.32. The van der Waals surface area contributed by atoms with Crippen LogP contribution in [0, 0.1) is 6.92 Å². The van der Waals surface area contributed by atoms with Crippen LogP contribution in [0.3, 0.4) is 0 Å². The van der Waals surface area contributed by atoms with Crippen molar-refractivity contribution in [1.82, 2.24) is 9.97 Å². The fourth-order valence-corrected chi connectivity index (χ4v) is 1.64. The third-order valence-corrected chi connectivity index (χ3v) is 2.74. The molecule has 0 radical (unpaired) electrons. The van der Waals surface area contributed by atoms with Crippen molar-refractivity contribution in [2.45, 2.75) is 26.4 Å². The maximum Gasteiger partial charge on any atom is 0.433 e. The van der Waals surface area contributed by atoms with Crippen molar-refractivity contribution in [3.8, 4) is 11.6 Å². The highest BCUT2D eigenvalue weighted by molar-refractivity contribution is 5.33. The molecule has 2 aromatic heterocycles. The van der Waals surface area contributed by atoms with Gasteiger partial charge in [0.2, 0.25) is 5.88 Å². The van der Waals surface area contributed by atoms with Gasteiger partial charge in [0.1, 0.15) is 11.4 Å². The molecule has 2 rings (SSSR count). The number of hydrogen-bond acceptors (Lipinski definition) is 3. The van der Waals surface area contributed by atoms with E-state index in [1.807, 2.05) is 19.9 Å². The number of nitrogens with zero attached hydrogens (tertiary/aromatic N) is 2. The average Bonchev–Trinajstić information content (AvgIpc) is 2.40. The molecule has 0 bridgehead atoms. The Labute approximate surface area is 114 Å². The van der Waals surface area contributed by atoms with Crippen molar-refractivity contribution < 1.29 is 17.9 Å². The van der Waals surface area contributed by atoms with Gasteiger partial charge in [-0.1, -0.05) is 6.92 Å². The number of ether oxygens (including phenoxy) is 1. The Kier molecular flexibility index (Phi) is 3.92. The van der Waals surface area contributed by atoms with Crippen molar-refractivity contribution >= 4 is 0 Å². The van der Waals surface area contributed by atoms with Gasteiger partial charge in [-0.15, -0.1) is 0 Å². The van der Waals surface area contributed by atoms with Crippen molar-refractivity contribution in [2.75, 3.05) is 0 Å². The van der Waals surface area contributed by atoms with E-state index in [0.717, 1.165) is 29.8 Å². The van der Waals surface area contributed by atoms with Crippen LogP contribution >= 0.6 is 0 Å². The van der Waals surface area contributed by atoms with Crippen molar-refractivity contribution in [3.63, 3.8) is 0 Å². The summed E-state index contributed by atoms with van der Waals surface area (Å²) in [6.45, 7) is 3.84. The van der Waals surface area contributed by atoms with Gasteiger partial charge in [0, 0.05) is 11.8 Å². The summed E-state index contributed by atoms with van der Waals surface area (Å²) in [6, 6.07) is 4.04. The van der Waals surface area contributed by atoms with E-state index >= 15 is 0 Å². The first-order valence-electron chi connectivity index (χ1n) is 6.06. The lowest BCUT2D eigenvalue weighted by Gasteiger charge is -2.09. The van der Waals surface area contributed by atoms with E-state index in [1.165, 1.54) is 6.07 Å². The molecule has 3 nitrogen and oxygen atoms in total. The second-order valence-corrected chi connectivity index (χ2v) is 4.30. The molecule has 0 aliphatic carbocycles. The number of pyridine rings is 2. The summed E-state index contributed by atoms with van der Waals surface area (Å²) in [5.74, 6) is 0.585. The molecule has 2 aromatic rings. The molecule has 20 heavy (non-hydrogen) atoms. The van der Waals surface area contributed by atoms with Crippen LogP contribution < -0.4 is 4.74 Å². The quantitative estimate of drug-likeness (QED) is 0.848. The lowest BCUT2D eigenvalue weighted by molar-refractivity contribution is -0.141. The lowest BCUT2D eigenvalue weighted by Crippen LogP contribution is -2.07. The van der Waals surface area contributed by atoms with Gasteiger partial charge in [0.25, 0.3) is 0 Å². The molecular weight excluding hydrogens is 269 g/mol. The molecule has 0 fully saturated rings. The van der Waals surface area contributed by atoms with Crippen LogP contribution in [0.15, 0.2) is 30.6 Å². The molecule has 0 aliphatic heterocycles. The Hall–Kier alpha value is -2.11. The molecule has 0 aromatic carbocycles. The number of halogens is 3. The minimum atomic E-state index is -4.45. The van der Waals surface area contributed by atoms with Gasteiger partial charge in [-0.2, -0.15) is 13.2 Å². The minimum Gasteiger partial charge on any atom is -0.437 e. The predicted octanol–water partition coefficient (Wildman–Crippen LogP) is 4.16. The van der Waals surface area contributed by atoms with Gasteiger partial charge >= 0.3 is 6.18 Å². The fraction of sp³-hybridized carbons (Fsp3) is 0.286. The molecular formula is C14H13F3N2O. The Bertz CT molecular complexity index is 594. The number of aryl methyl sites for hydroxylation is 2. The van der Waals surface area contributed by atoms with Crippen LogP contribution in [0.5, 0.6) is 11.6 Å². The van der Waals surface area contributed by atoms with Crippen LogP contribution in [0.1, 0.15) is 23.7 Å². The molecule has 0 spiro atoms. The predicted molar refractivity (Wildman–Crippen MR) is 67.7 cm³/mol. The first kappa shape index (κ1) is 14.3. The van der Waals surface area contributed by atoms with Crippen molar-refractivity contribution in [3.05, 3.63) is 47.4 Å². The van der Waals surface area contributed by atoms with Crippen LogP contribution in [-0.4, -0.2) is 9.97 Å². The van der Waals surface area contributed by atoms with E-state index in [1.54, 1.807) is 6.20 Å². The van der Waals surface area contributed by atoms with E-state index in [0.29, 0.717) is 5.88 Å². The molecule has 0 atom stereocenters. The maximum atomic E-state index is 12.4. The monoisotopic (exact) mass is 282 g/mol. The summed E-state index contributed by atoms with van der Waals surface area (Å²) >= 11 is 0. The summed E-state index contributed by atoms with van der Waals surface area (Å²) in [5.41, 5.74) is 0.945. The molecule has 0 aliphatic rings. The van der Waals surface area contributed by atoms with Gasteiger partial charge < -0.3 is 4.74 Å². The highest BCUT2D eigenvalue weighted by atomic mass is 19.4. The molecule has 2 heterocycles. The van der Waals surface area contributed by atoms with Crippen LogP contribution in [0.2, 0.25) is 0 Å². The average molecular weight is 282 g/mol. The molecule has 0 N–H and O–H groups in total. The highest BCUT2D eigenvalue weighted by Crippen LogP contribution is 2.29. The normalized spacial score (nSPS) is 11.4. The summed E-state index contributed by atoms with van der Waals surface area (Å²) in [5, 5.41) is 0. The number of aromatic nitrogens is 2. The summed E-state index contributed by atoms with van der Waals surface area (Å²) in [4.78, 5) is 7.48. The van der Waals surface area contributed by atoms with E-state index in [4.69, 9.17) is 4.74 Å². The van der Waals surface area contributed by atoms with Gasteiger partial charge in [-0.25, -0.2) is 9.97 Å². The summed E-state index contributed by atoms with van der Waals surface area (Å²) in [6.07, 6.45) is -0.872. The number of hydrogen-bond donors (Lipinski definition) is 0. The molecule has 106 valence electrons. The third kappa shape index (κ3) is 3.26.